The van der Waals surface area contributed by atoms with E-state index >= 15 is 0 Å². The Kier molecular flexibility index (Phi) is 5.54. The van der Waals surface area contributed by atoms with Crippen molar-refractivity contribution in [1.82, 2.24) is 20.1 Å². The monoisotopic (exact) mass is 369 g/mol. The zero-order chi connectivity index (χ0) is 19.4. The number of carbonyl (C=O) groups is 1. The van der Waals surface area contributed by atoms with Crippen molar-refractivity contribution in [3.8, 4) is 0 Å². The average molecular weight is 369 g/mol. The zero-order valence-corrected chi connectivity index (χ0v) is 15.5. The molecule has 2 N–H and O–H groups in total. The predicted octanol–water partition coefficient (Wildman–Crippen LogP) is 3.03. The van der Waals surface area contributed by atoms with Crippen LogP contribution in [0.3, 0.4) is 0 Å². The Morgan fingerprint density at radius 1 is 1.33 bits per heavy atom. The standard InChI is InChI=1S/C19H23N5O3/c1-13-19(24(26)27)14(2)23(22-13)11-5-8-18(25)20-10-9-15-12-21-17-7-4-3-6-16(15)17/h3-4,6-7,12,21H,5,8-11H2,1-2H3,(H,20,25). The molecular formula is C19H23N5O3. The minimum Gasteiger partial charge on any atom is -0.361 e. The van der Waals surface area contributed by atoms with Crippen molar-refractivity contribution >= 4 is 22.5 Å². The number of carbonyl (C=O) groups excluding carboxylic acids is 1. The normalized spacial score (nSPS) is 11.0. The van der Waals surface area contributed by atoms with E-state index in [2.05, 4.69) is 21.5 Å². The number of nitrogens with one attached hydrogen (secondary N) is 2. The molecule has 0 aliphatic rings. The summed E-state index contributed by atoms with van der Waals surface area (Å²) < 4.78 is 1.60. The molecule has 8 heteroatoms. The maximum absolute atomic E-state index is 12.0. The van der Waals surface area contributed by atoms with Gasteiger partial charge in [-0.05, 0) is 38.3 Å². The van der Waals surface area contributed by atoms with E-state index in [9.17, 15) is 14.9 Å². The molecule has 2 heterocycles. The highest BCUT2D eigenvalue weighted by Gasteiger charge is 2.21. The molecule has 0 unspecified atom stereocenters. The van der Waals surface area contributed by atoms with Gasteiger partial charge in [0.05, 0.1) is 4.92 Å². The fraction of sp³-hybridized carbons (Fsp3) is 0.368. The lowest BCUT2D eigenvalue weighted by Gasteiger charge is -2.06. The first-order valence-corrected chi connectivity index (χ1v) is 8.97. The molecule has 0 radical (unpaired) electrons. The average Bonchev–Trinajstić information content (AvgIpc) is 3.16. The van der Waals surface area contributed by atoms with Crippen LogP contribution in [-0.4, -0.2) is 32.1 Å². The van der Waals surface area contributed by atoms with E-state index in [-0.39, 0.29) is 11.6 Å². The number of nitro groups is 1. The van der Waals surface area contributed by atoms with Crippen LogP contribution in [0, 0.1) is 24.0 Å². The van der Waals surface area contributed by atoms with Crippen LogP contribution in [0.1, 0.15) is 29.8 Å². The van der Waals surface area contributed by atoms with Gasteiger partial charge in [-0.2, -0.15) is 5.10 Å². The summed E-state index contributed by atoms with van der Waals surface area (Å²) in [7, 11) is 0. The quantitative estimate of drug-likeness (QED) is 0.470. The van der Waals surface area contributed by atoms with E-state index in [0.717, 1.165) is 11.9 Å². The summed E-state index contributed by atoms with van der Waals surface area (Å²) in [6, 6.07) is 8.08. The van der Waals surface area contributed by atoms with Crippen molar-refractivity contribution in [2.75, 3.05) is 6.54 Å². The van der Waals surface area contributed by atoms with Gasteiger partial charge in [0.2, 0.25) is 5.91 Å². The molecule has 0 fully saturated rings. The van der Waals surface area contributed by atoms with Crippen LogP contribution < -0.4 is 5.32 Å². The lowest BCUT2D eigenvalue weighted by molar-refractivity contribution is -0.386. The molecule has 3 aromatic rings. The number of aromatic amines is 1. The van der Waals surface area contributed by atoms with Crippen LogP contribution in [0.2, 0.25) is 0 Å². The summed E-state index contributed by atoms with van der Waals surface area (Å²) in [5.74, 6) is -0.0223. The fourth-order valence-corrected chi connectivity index (χ4v) is 3.32. The molecular weight excluding hydrogens is 346 g/mol. The highest BCUT2D eigenvalue weighted by Crippen LogP contribution is 2.22. The summed E-state index contributed by atoms with van der Waals surface area (Å²) >= 11 is 0. The number of hydrogen-bond acceptors (Lipinski definition) is 4. The second-order valence-electron chi connectivity index (χ2n) is 6.56. The van der Waals surface area contributed by atoms with Crippen molar-refractivity contribution in [2.24, 2.45) is 0 Å². The van der Waals surface area contributed by atoms with Gasteiger partial charge in [0, 0.05) is 36.6 Å². The first-order chi connectivity index (χ1) is 13.0. The Morgan fingerprint density at radius 2 is 2.11 bits per heavy atom. The fourth-order valence-electron chi connectivity index (χ4n) is 3.32. The first kappa shape index (κ1) is 18.6. The molecule has 0 aliphatic carbocycles. The molecule has 142 valence electrons. The molecule has 0 atom stereocenters. The summed E-state index contributed by atoms with van der Waals surface area (Å²) in [6.07, 6.45) is 3.68. The van der Waals surface area contributed by atoms with Crippen LogP contribution in [-0.2, 0) is 17.8 Å². The van der Waals surface area contributed by atoms with Gasteiger partial charge in [0.25, 0.3) is 0 Å². The third-order valence-corrected chi connectivity index (χ3v) is 4.69. The van der Waals surface area contributed by atoms with Crippen molar-refractivity contribution in [3.05, 3.63) is 57.5 Å². The number of H-pyrrole nitrogens is 1. The third-order valence-electron chi connectivity index (χ3n) is 4.69. The van der Waals surface area contributed by atoms with E-state index in [1.54, 1.807) is 18.5 Å². The van der Waals surface area contributed by atoms with Crippen LogP contribution in [0.5, 0.6) is 0 Å². The minimum atomic E-state index is -0.411. The number of fused-ring (bicyclic) bond motifs is 1. The smallest absolute Gasteiger partial charge is 0.312 e. The molecule has 0 saturated heterocycles. The number of nitrogens with zero attached hydrogens (tertiary/aromatic N) is 3. The maximum atomic E-state index is 12.0. The van der Waals surface area contributed by atoms with Crippen LogP contribution >= 0.6 is 0 Å². The van der Waals surface area contributed by atoms with Crippen LogP contribution in [0.15, 0.2) is 30.5 Å². The van der Waals surface area contributed by atoms with E-state index in [0.29, 0.717) is 37.3 Å². The number of benzene rings is 1. The molecule has 0 bridgehead atoms. The Bertz CT molecular complexity index is 973. The van der Waals surface area contributed by atoms with Crippen LogP contribution in [0.4, 0.5) is 5.69 Å². The molecule has 8 nitrogen and oxygen atoms in total. The number of amides is 1. The zero-order valence-electron chi connectivity index (χ0n) is 15.5. The van der Waals surface area contributed by atoms with Gasteiger partial charge in [0.1, 0.15) is 11.4 Å². The SMILES string of the molecule is Cc1nn(CCCC(=O)NCCc2c[nH]c3ccccc23)c(C)c1[N+](=O)[O-]. The Morgan fingerprint density at radius 3 is 2.85 bits per heavy atom. The van der Waals surface area contributed by atoms with E-state index in [1.165, 1.54) is 10.9 Å². The lowest BCUT2D eigenvalue weighted by Crippen LogP contribution is -2.25. The molecule has 3 rings (SSSR count). The van der Waals surface area contributed by atoms with Crippen molar-refractivity contribution in [2.45, 2.75) is 39.7 Å². The lowest BCUT2D eigenvalue weighted by atomic mass is 10.1. The number of para-hydroxylation sites is 1. The Balaban J connectivity index is 1.44. The second-order valence-corrected chi connectivity index (χ2v) is 6.56. The molecule has 2 aromatic heterocycles. The van der Waals surface area contributed by atoms with Crippen molar-refractivity contribution in [3.63, 3.8) is 0 Å². The van der Waals surface area contributed by atoms with Gasteiger partial charge in [-0.3, -0.25) is 19.6 Å². The molecule has 0 saturated carbocycles. The molecule has 0 aliphatic heterocycles. The topological polar surface area (TPSA) is 106 Å². The summed E-state index contributed by atoms with van der Waals surface area (Å²) in [5, 5.41) is 19.3. The minimum absolute atomic E-state index is 0.0223. The number of hydrogen-bond donors (Lipinski definition) is 2. The Hall–Kier alpha value is -3.16. The largest absolute Gasteiger partial charge is 0.361 e. The summed E-state index contributed by atoms with van der Waals surface area (Å²) in [6.45, 7) is 4.36. The van der Waals surface area contributed by atoms with Gasteiger partial charge in [-0.25, -0.2) is 0 Å². The molecule has 1 aromatic carbocycles. The van der Waals surface area contributed by atoms with E-state index in [4.69, 9.17) is 0 Å². The summed E-state index contributed by atoms with van der Waals surface area (Å²) in [5.41, 5.74) is 3.26. The number of aromatic nitrogens is 3. The first-order valence-electron chi connectivity index (χ1n) is 8.97. The third kappa shape index (κ3) is 4.16. The van der Waals surface area contributed by atoms with E-state index < -0.39 is 4.92 Å². The highest BCUT2D eigenvalue weighted by molar-refractivity contribution is 5.83. The number of rotatable bonds is 8. The van der Waals surface area contributed by atoms with E-state index in [1.807, 2.05) is 24.4 Å². The molecule has 1 amide bonds. The van der Waals surface area contributed by atoms with Gasteiger partial charge >= 0.3 is 5.69 Å². The van der Waals surface area contributed by atoms with Crippen molar-refractivity contribution < 1.29 is 9.72 Å². The van der Waals surface area contributed by atoms with Crippen molar-refractivity contribution in [1.29, 1.82) is 0 Å². The predicted molar refractivity (Wildman–Crippen MR) is 103 cm³/mol. The van der Waals surface area contributed by atoms with Gasteiger partial charge in [-0.15, -0.1) is 0 Å². The molecule has 0 spiro atoms. The van der Waals surface area contributed by atoms with Gasteiger partial charge in [0.15, 0.2) is 0 Å². The maximum Gasteiger partial charge on any atom is 0.312 e. The number of aryl methyl sites for hydroxylation is 2. The summed E-state index contributed by atoms with van der Waals surface area (Å²) in [4.78, 5) is 25.9. The highest BCUT2D eigenvalue weighted by atomic mass is 16.6. The van der Waals surface area contributed by atoms with Gasteiger partial charge in [-0.1, -0.05) is 18.2 Å². The molecule has 27 heavy (non-hydrogen) atoms. The van der Waals surface area contributed by atoms with Gasteiger partial charge < -0.3 is 10.3 Å². The van der Waals surface area contributed by atoms with Crippen LogP contribution in [0.25, 0.3) is 10.9 Å². The Labute approximate surface area is 156 Å². The second kappa shape index (κ2) is 8.03.